The number of nitrogens with zero attached hydrogens (tertiary/aromatic N) is 2. The number of unbranched alkanes of at least 4 members (excludes halogenated alkanes) is 1. The molecule has 0 aromatic carbocycles. The van der Waals surface area contributed by atoms with Gasteiger partial charge in [0.15, 0.2) is 11.6 Å². The molecule has 1 fully saturated rings. The smallest absolute Gasteiger partial charge is 0.242 e. The standard InChI is InChI=1S/C15H26N4O2/c1-3-5-8-17-14-12(16)15(21-9-4-2)19-13(18-14)11-7-6-10-20-11/h11H,3-10,16H2,1-2H3,(H,17,18,19). The molecule has 1 saturated heterocycles. The van der Waals surface area contributed by atoms with E-state index in [0.29, 0.717) is 29.8 Å². The van der Waals surface area contributed by atoms with E-state index in [1.807, 2.05) is 0 Å². The maximum atomic E-state index is 6.12. The van der Waals surface area contributed by atoms with Crippen molar-refractivity contribution in [3.8, 4) is 5.88 Å². The van der Waals surface area contributed by atoms with E-state index in [9.17, 15) is 0 Å². The minimum atomic E-state index is -0.0405. The molecule has 1 aliphatic rings. The van der Waals surface area contributed by atoms with Crippen molar-refractivity contribution in [1.82, 2.24) is 9.97 Å². The Bertz CT molecular complexity index is 448. The summed E-state index contributed by atoms with van der Waals surface area (Å²) in [6, 6.07) is 0. The van der Waals surface area contributed by atoms with Crippen molar-refractivity contribution in [2.24, 2.45) is 0 Å². The summed E-state index contributed by atoms with van der Waals surface area (Å²) in [5.74, 6) is 1.80. The Morgan fingerprint density at radius 2 is 2.19 bits per heavy atom. The topological polar surface area (TPSA) is 82.3 Å². The van der Waals surface area contributed by atoms with Crippen LogP contribution in [-0.2, 0) is 4.74 Å². The minimum Gasteiger partial charge on any atom is -0.476 e. The molecule has 0 amide bonds. The predicted octanol–water partition coefficient (Wildman–Crippen LogP) is 2.91. The summed E-state index contributed by atoms with van der Waals surface area (Å²) in [5.41, 5.74) is 6.61. The van der Waals surface area contributed by atoms with Crippen molar-refractivity contribution in [1.29, 1.82) is 0 Å². The number of hydrogen-bond acceptors (Lipinski definition) is 6. The lowest BCUT2D eigenvalue weighted by atomic mass is 10.2. The number of hydrogen-bond donors (Lipinski definition) is 2. The molecule has 0 aliphatic carbocycles. The highest BCUT2D eigenvalue weighted by Gasteiger charge is 2.23. The number of ether oxygens (including phenoxy) is 2. The van der Waals surface area contributed by atoms with Gasteiger partial charge in [-0.15, -0.1) is 0 Å². The number of nitrogens with one attached hydrogen (secondary N) is 1. The Labute approximate surface area is 126 Å². The first-order valence-electron chi connectivity index (χ1n) is 7.91. The normalized spacial score (nSPS) is 17.9. The molecule has 2 heterocycles. The minimum absolute atomic E-state index is 0.0405. The van der Waals surface area contributed by atoms with Crippen molar-refractivity contribution in [3.63, 3.8) is 0 Å². The quantitative estimate of drug-likeness (QED) is 0.717. The molecular weight excluding hydrogens is 268 g/mol. The summed E-state index contributed by atoms with van der Waals surface area (Å²) in [7, 11) is 0. The van der Waals surface area contributed by atoms with Crippen LogP contribution < -0.4 is 15.8 Å². The molecule has 0 saturated carbocycles. The molecule has 21 heavy (non-hydrogen) atoms. The molecule has 1 aromatic heterocycles. The second kappa shape index (κ2) is 8.02. The van der Waals surface area contributed by atoms with Crippen LogP contribution in [0.2, 0.25) is 0 Å². The van der Waals surface area contributed by atoms with E-state index in [1.54, 1.807) is 0 Å². The van der Waals surface area contributed by atoms with Crippen LogP contribution in [0.1, 0.15) is 57.9 Å². The van der Waals surface area contributed by atoms with E-state index in [4.69, 9.17) is 15.2 Å². The van der Waals surface area contributed by atoms with Crippen molar-refractivity contribution in [3.05, 3.63) is 5.82 Å². The van der Waals surface area contributed by atoms with Gasteiger partial charge in [-0.05, 0) is 25.7 Å². The van der Waals surface area contributed by atoms with E-state index in [0.717, 1.165) is 45.3 Å². The average Bonchev–Trinajstić information content (AvgIpc) is 3.02. The summed E-state index contributed by atoms with van der Waals surface area (Å²) in [6.07, 6.45) is 5.06. The molecule has 1 aliphatic heterocycles. The first-order valence-corrected chi connectivity index (χ1v) is 7.91. The molecule has 1 unspecified atom stereocenters. The van der Waals surface area contributed by atoms with Crippen LogP contribution in [0.4, 0.5) is 11.5 Å². The van der Waals surface area contributed by atoms with Gasteiger partial charge in [0, 0.05) is 13.2 Å². The van der Waals surface area contributed by atoms with Crippen LogP contribution in [0.3, 0.4) is 0 Å². The van der Waals surface area contributed by atoms with Gasteiger partial charge in [0.05, 0.1) is 6.61 Å². The van der Waals surface area contributed by atoms with Gasteiger partial charge in [-0.25, -0.2) is 4.98 Å². The molecule has 118 valence electrons. The fraction of sp³-hybridized carbons (Fsp3) is 0.733. The predicted molar refractivity (Wildman–Crippen MR) is 83.6 cm³/mol. The van der Waals surface area contributed by atoms with E-state index >= 15 is 0 Å². The molecule has 6 heteroatoms. The van der Waals surface area contributed by atoms with E-state index in [2.05, 4.69) is 29.1 Å². The van der Waals surface area contributed by atoms with Gasteiger partial charge in [0.2, 0.25) is 5.88 Å². The first-order chi connectivity index (χ1) is 10.3. The average molecular weight is 294 g/mol. The number of nitrogen functional groups attached to an aromatic ring is 1. The van der Waals surface area contributed by atoms with E-state index < -0.39 is 0 Å². The number of anilines is 2. The zero-order chi connectivity index (χ0) is 15.1. The van der Waals surface area contributed by atoms with E-state index in [-0.39, 0.29) is 6.10 Å². The fourth-order valence-corrected chi connectivity index (χ4v) is 2.22. The summed E-state index contributed by atoms with van der Waals surface area (Å²) in [4.78, 5) is 9.00. The highest BCUT2D eigenvalue weighted by atomic mass is 16.5. The summed E-state index contributed by atoms with van der Waals surface area (Å²) in [5, 5.41) is 3.28. The summed E-state index contributed by atoms with van der Waals surface area (Å²) >= 11 is 0. The third kappa shape index (κ3) is 4.20. The van der Waals surface area contributed by atoms with Crippen molar-refractivity contribution < 1.29 is 9.47 Å². The first kappa shape index (κ1) is 15.8. The highest BCUT2D eigenvalue weighted by molar-refractivity contribution is 5.67. The van der Waals surface area contributed by atoms with Gasteiger partial charge in [0.25, 0.3) is 0 Å². The third-order valence-corrected chi connectivity index (χ3v) is 3.41. The molecule has 0 bridgehead atoms. The largest absolute Gasteiger partial charge is 0.476 e. The Hall–Kier alpha value is -1.56. The summed E-state index contributed by atoms with van der Waals surface area (Å²) in [6.45, 7) is 6.41. The van der Waals surface area contributed by atoms with Gasteiger partial charge < -0.3 is 20.5 Å². The Kier molecular flexibility index (Phi) is 6.04. The van der Waals surface area contributed by atoms with Crippen LogP contribution in [-0.4, -0.2) is 29.7 Å². The van der Waals surface area contributed by atoms with Crippen molar-refractivity contribution in [2.75, 3.05) is 30.8 Å². The molecule has 6 nitrogen and oxygen atoms in total. The van der Waals surface area contributed by atoms with Gasteiger partial charge >= 0.3 is 0 Å². The molecule has 3 N–H and O–H groups in total. The molecule has 2 rings (SSSR count). The van der Waals surface area contributed by atoms with Crippen LogP contribution in [0, 0.1) is 0 Å². The number of rotatable bonds is 8. The molecule has 1 aromatic rings. The molecular formula is C15H26N4O2. The van der Waals surface area contributed by atoms with Gasteiger partial charge in [0.1, 0.15) is 11.8 Å². The van der Waals surface area contributed by atoms with Crippen LogP contribution in [0.25, 0.3) is 0 Å². The van der Waals surface area contributed by atoms with Crippen LogP contribution in [0.5, 0.6) is 5.88 Å². The maximum absolute atomic E-state index is 6.12. The Morgan fingerprint density at radius 1 is 1.33 bits per heavy atom. The SMILES string of the molecule is CCCCNc1nc(C2CCCO2)nc(OCCC)c1N. The third-order valence-electron chi connectivity index (χ3n) is 3.41. The van der Waals surface area contributed by atoms with Crippen molar-refractivity contribution in [2.45, 2.75) is 52.1 Å². The van der Waals surface area contributed by atoms with Crippen LogP contribution >= 0.6 is 0 Å². The lowest BCUT2D eigenvalue weighted by molar-refractivity contribution is 0.104. The molecule has 0 radical (unpaired) electrons. The fourth-order valence-electron chi connectivity index (χ4n) is 2.22. The van der Waals surface area contributed by atoms with Gasteiger partial charge in [-0.3, -0.25) is 0 Å². The maximum Gasteiger partial charge on any atom is 0.242 e. The number of aromatic nitrogens is 2. The number of nitrogens with two attached hydrogens (primary N) is 1. The second-order valence-electron chi connectivity index (χ2n) is 5.28. The lowest BCUT2D eigenvalue weighted by Gasteiger charge is -2.16. The van der Waals surface area contributed by atoms with Crippen LogP contribution in [0.15, 0.2) is 0 Å². The van der Waals surface area contributed by atoms with Crippen molar-refractivity contribution >= 4 is 11.5 Å². The highest BCUT2D eigenvalue weighted by Crippen LogP contribution is 2.32. The van der Waals surface area contributed by atoms with E-state index in [1.165, 1.54) is 0 Å². The molecule has 1 atom stereocenters. The summed E-state index contributed by atoms with van der Waals surface area (Å²) < 4.78 is 11.3. The van der Waals surface area contributed by atoms with Gasteiger partial charge in [-0.1, -0.05) is 20.3 Å². The Balaban J connectivity index is 2.21. The zero-order valence-corrected chi connectivity index (χ0v) is 13.0. The Morgan fingerprint density at radius 3 is 2.86 bits per heavy atom. The monoisotopic (exact) mass is 294 g/mol. The second-order valence-corrected chi connectivity index (χ2v) is 5.28. The lowest BCUT2D eigenvalue weighted by Crippen LogP contribution is -2.13. The zero-order valence-electron chi connectivity index (χ0n) is 13.0. The molecule has 0 spiro atoms. The van der Waals surface area contributed by atoms with Gasteiger partial charge in [-0.2, -0.15) is 4.98 Å².